The molecule has 3 rings (SSSR count). The summed E-state index contributed by atoms with van der Waals surface area (Å²) in [6, 6.07) is 11.4. The molecule has 0 unspecified atom stereocenters. The van der Waals surface area contributed by atoms with E-state index in [0.717, 1.165) is 12.0 Å². The lowest BCUT2D eigenvalue weighted by Gasteiger charge is -2.10. The molecule has 134 valence electrons. The topological polar surface area (TPSA) is 86.0 Å². The van der Waals surface area contributed by atoms with Gasteiger partial charge in [0.05, 0.1) is 7.11 Å². The molecule has 0 atom stereocenters. The van der Waals surface area contributed by atoms with Crippen LogP contribution in [0.15, 0.2) is 51.7 Å². The van der Waals surface area contributed by atoms with Crippen LogP contribution in [-0.2, 0) is 17.8 Å². The highest BCUT2D eigenvalue weighted by atomic mass is 16.5. The Morgan fingerprint density at radius 1 is 1.19 bits per heavy atom. The number of fused-ring (bicyclic) bond motifs is 1. The number of carbonyl (C=O) groups excluding carboxylic acids is 1. The van der Waals surface area contributed by atoms with E-state index in [9.17, 15) is 14.7 Å². The van der Waals surface area contributed by atoms with E-state index < -0.39 is 11.6 Å². The Kier molecular flexibility index (Phi) is 4.93. The van der Waals surface area contributed by atoms with Gasteiger partial charge in [0.25, 0.3) is 0 Å². The van der Waals surface area contributed by atoms with Gasteiger partial charge in [0, 0.05) is 17.0 Å². The summed E-state index contributed by atoms with van der Waals surface area (Å²) in [5, 5.41) is 10.7. The van der Waals surface area contributed by atoms with E-state index >= 15 is 0 Å². The molecule has 0 fully saturated rings. The second-order valence-corrected chi connectivity index (χ2v) is 5.71. The van der Waals surface area contributed by atoms with Crippen molar-refractivity contribution in [2.75, 3.05) is 7.11 Å². The Bertz CT molecular complexity index is 1020. The number of aromatic hydroxyl groups is 1. The summed E-state index contributed by atoms with van der Waals surface area (Å²) < 4.78 is 15.5. The first-order chi connectivity index (χ1) is 12.5. The van der Waals surface area contributed by atoms with Gasteiger partial charge in [0.1, 0.15) is 17.8 Å². The van der Waals surface area contributed by atoms with Gasteiger partial charge in [-0.05, 0) is 30.2 Å². The molecule has 3 aromatic rings. The van der Waals surface area contributed by atoms with Crippen molar-refractivity contribution < 1.29 is 23.8 Å². The number of ether oxygens (including phenoxy) is 2. The number of aryl methyl sites for hydroxylation is 1. The number of esters is 1. The van der Waals surface area contributed by atoms with Crippen molar-refractivity contribution in [2.24, 2.45) is 0 Å². The average Bonchev–Trinajstić information content (AvgIpc) is 2.65. The molecule has 0 bridgehead atoms. The maximum atomic E-state index is 12.3. The molecule has 0 radical (unpaired) electrons. The number of hydrogen-bond donors (Lipinski definition) is 1. The fourth-order valence-corrected chi connectivity index (χ4v) is 2.69. The van der Waals surface area contributed by atoms with Gasteiger partial charge in [0.15, 0.2) is 11.5 Å². The minimum atomic E-state index is -0.715. The highest BCUT2D eigenvalue weighted by molar-refractivity contribution is 5.93. The zero-order valence-corrected chi connectivity index (χ0v) is 14.4. The minimum absolute atomic E-state index is 0.00936. The lowest BCUT2D eigenvalue weighted by Crippen LogP contribution is -2.08. The van der Waals surface area contributed by atoms with Crippen LogP contribution in [0.2, 0.25) is 0 Å². The van der Waals surface area contributed by atoms with Gasteiger partial charge in [-0.15, -0.1) is 0 Å². The number of carbonyl (C=O) groups is 1. The summed E-state index contributed by atoms with van der Waals surface area (Å²) in [7, 11) is 1.39. The molecule has 26 heavy (non-hydrogen) atoms. The third kappa shape index (κ3) is 3.39. The molecule has 0 spiro atoms. The molecular weight excluding hydrogens is 336 g/mol. The first-order valence-electron chi connectivity index (χ1n) is 8.12. The van der Waals surface area contributed by atoms with Crippen LogP contribution in [0.25, 0.3) is 11.0 Å². The molecule has 0 saturated carbocycles. The summed E-state index contributed by atoms with van der Waals surface area (Å²) in [5.74, 6) is -0.824. The van der Waals surface area contributed by atoms with E-state index in [1.54, 1.807) is 12.1 Å². The summed E-state index contributed by atoms with van der Waals surface area (Å²) >= 11 is 0. The zero-order chi connectivity index (χ0) is 18.7. The van der Waals surface area contributed by atoms with Crippen molar-refractivity contribution in [3.05, 3.63) is 69.6 Å². The fourth-order valence-electron chi connectivity index (χ4n) is 2.69. The maximum Gasteiger partial charge on any atom is 0.342 e. The largest absolute Gasteiger partial charge is 0.504 e. The van der Waals surface area contributed by atoms with Crippen LogP contribution >= 0.6 is 0 Å². The highest BCUT2D eigenvalue weighted by Gasteiger charge is 2.17. The van der Waals surface area contributed by atoms with Crippen LogP contribution in [0, 0.1) is 0 Å². The Hall–Kier alpha value is -3.28. The number of rotatable bonds is 5. The van der Waals surface area contributed by atoms with Crippen molar-refractivity contribution >= 4 is 16.9 Å². The molecule has 6 nitrogen and oxygen atoms in total. The third-order valence-electron chi connectivity index (χ3n) is 4.10. The number of phenolic OH excluding ortho intramolecular Hbond substituents is 1. The van der Waals surface area contributed by atoms with E-state index in [-0.39, 0.29) is 23.7 Å². The van der Waals surface area contributed by atoms with Crippen LogP contribution in [0.4, 0.5) is 0 Å². The van der Waals surface area contributed by atoms with Crippen LogP contribution < -0.4 is 10.4 Å². The fraction of sp³-hybridized carbons (Fsp3) is 0.200. The number of benzene rings is 2. The van der Waals surface area contributed by atoms with Crippen LogP contribution in [-0.4, -0.2) is 18.2 Å². The molecule has 0 saturated heterocycles. The number of methoxy groups -OCH3 is 1. The minimum Gasteiger partial charge on any atom is -0.504 e. The molecule has 2 aromatic carbocycles. The van der Waals surface area contributed by atoms with E-state index in [0.29, 0.717) is 16.5 Å². The van der Waals surface area contributed by atoms with Gasteiger partial charge in [-0.1, -0.05) is 25.1 Å². The van der Waals surface area contributed by atoms with Crippen molar-refractivity contribution in [2.45, 2.75) is 20.0 Å². The van der Waals surface area contributed by atoms with E-state index in [1.807, 2.05) is 19.1 Å². The van der Waals surface area contributed by atoms with Crippen molar-refractivity contribution in [3.8, 4) is 11.5 Å². The second-order valence-electron chi connectivity index (χ2n) is 5.71. The Balaban J connectivity index is 1.88. The molecular formula is C20H18O6. The predicted molar refractivity (Wildman–Crippen MR) is 95.6 cm³/mol. The van der Waals surface area contributed by atoms with Crippen molar-refractivity contribution in [1.82, 2.24) is 0 Å². The van der Waals surface area contributed by atoms with Crippen molar-refractivity contribution in [1.29, 1.82) is 0 Å². The lowest BCUT2D eigenvalue weighted by atomic mass is 10.1. The summed E-state index contributed by atoms with van der Waals surface area (Å²) in [5.41, 5.74) is 1.50. The number of phenols is 1. The molecule has 1 heterocycles. The third-order valence-corrected chi connectivity index (χ3v) is 4.10. The monoisotopic (exact) mass is 354 g/mol. The van der Waals surface area contributed by atoms with Gasteiger partial charge in [0.2, 0.25) is 0 Å². The Morgan fingerprint density at radius 2 is 2.00 bits per heavy atom. The molecule has 6 heteroatoms. The normalized spacial score (nSPS) is 10.7. The molecule has 0 aliphatic carbocycles. The smallest absolute Gasteiger partial charge is 0.342 e. The van der Waals surface area contributed by atoms with E-state index in [2.05, 4.69) is 0 Å². The quantitative estimate of drug-likeness (QED) is 0.558. The number of hydrogen-bond acceptors (Lipinski definition) is 6. The summed E-state index contributed by atoms with van der Waals surface area (Å²) in [6.07, 6.45) is 0.813. The standard InChI is InChI=1S/C20H18O6/c1-3-12-7-8-14-13(10-18(21)26-17(14)9-12)11-25-20(23)15-5-4-6-16(24-2)19(15)22/h4-10,22H,3,11H2,1-2H3. The SMILES string of the molecule is CCc1ccc2c(COC(=O)c3cccc(OC)c3O)cc(=O)oc2c1. The van der Waals surface area contributed by atoms with Gasteiger partial charge in [-0.25, -0.2) is 9.59 Å². The van der Waals surface area contributed by atoms with Crippen LogP contribution in [0.3, 0.4) is 0 Å². The molecule has 1 N–H and O–H groups in total. The molecule has 0 aliphatic heterocycles. The Labute approximate surface area is 149 Å². The number of para-hydroxylation sites is 1. The molecule has 0 amide bonds. The first kappa shape index (κ1) is 17.5. The molecule has 1 aromatic heterocycles. The van der Waals surface area contributed by atoms with Gasteiger partial charge >= 0.3 is 11.6 Å². The van der Waals surface area contributed by atoms with E-state index in [1.165, 1.54) is 25.3 Å². The zero-order valence-electron chi connectivity index (χ0n) is 14.4. The van der Waals surface area contributed by atoms with Crippen LogP contribution in [0.5, 0.6) is 11.5 Å². The van der Waals surface area contributed by atoms with Gasteiger partial charge < -0.3 is 19.0 Å². The molecule has 0 aliphatic rings. The highest BCUT2D eigenvalue weighted by Crippen LogP contribution is 2.30. The lowest BCUT2D eigenvalue weighted by molar-refractivity contribution is 0.0470. The van der Waals surface area contributed by atoms with E-state index in [4.69, 9.17) is 13.9 Å². The Morgan fingerprint density at radius 3 is 2.73 bits per heavy atom. The maximum absolute atomic E-state index is 12.3. The van der Waals surface area contributed by atoms with Gasteiger partial charge in [-0.2, -0.15) is 0 Å². The summed E-state index contributed by atoms with van der Waals surface area (Å²) in [6.45, 7) is 1.88. The second kappa shape index (κ2) is 7.31. The van der Waals surface area contributed by atoms with Crippen molar-refractivity contribution in [3.63, 3.8) is 0 Å². The average molecular weight is 354 g/mol. The summed E-state index contributed by atoms with van der Waals surface area (Å²) in [4.78, 5) is 24.1. The van der Waals surface area contributed by atoms with Gasteiger partial charge in [-0.3, -0.25) is 0 Å². The predicted octanol–water partition coefficient (Wildman–Crippen LogP) is 3.43. The first-order valence-corrected chi connectivity index (χ1v) is 8.12. The van der Waals surface area contributed by atoms with Crippen LogP contribution in [0.1, 0.15) is 28.4 Å².